The van der Waals surface area contributed by atoms with E-state index in [1.54, 1.807) is 28.8 Å². The molecule has 0 spiro atoms. The largest absolute Gasteiger partial charge is 0.329 e. The van der Waals surface area contributed by atoms with E-state index in [0.717, 1.165) is 17.5 Å². The van der Waals surface area contributed by atoms with Crippen molar-refractivity contribution in [1.29, 1.82) is 5.26 Å². The molecule has 0 aliphatic rings. The molecule has 1 heterocycles. The van der Waals surface area contributed by atoms with Gasteiger partial charge in [-0.2, -0.15) is 5.26 Å². The lowest BCUT2D eigenvalue weighted by molar-refractivity contribution is -0.116. The highest BCUT2D eigenvalue weighted by Crippen LogP contribution is 2.14. The van der Waals surface area contributed by atoms with Crippen LogP contribution in [0.15, 0.2) is 53.3 Å². The molecular formula is C19H18N4O2. The number of para-hydroxylation sites is 2. The number of anilines is 1. The van der Waals surface area contributed by atoms with E-state index in [1.807, 2.05) is 37.3 Å². The van der Waals surface area contributed by atoms with Crippen LogP contribution in [-0.2, 0) is 17.9 Å². The average molecular weight is 334 g/mol. The summed E-state index contributed by atoms with van der Waals surface area (Å²) in [7, 11) is 0. The van der Waals surface area contributed by atoms with Crippen LogP contribution in [0, 0.1) is 11.3 Å². The lowest BCUT2D eigenvalue weighted by Crippen LogP contribution is -2.29. The van der Waals surface area contributed by atoms with Gasteiger partial charge in [0.15, 0.2) is 0 Å². The van der Waals surface area contributed by atoms with E-state index >= 15 is 0 Å². The number of nitrogens with zero attached hydrogens (tertiary/aromatic N) is 3. The van der Waals surface area contributed by atoms with Gasteiger partial charge in [0.05, 0.1) is 22.7 Å². The number of nitriles is 1. The summed E-state index contributed by atoms with van der Waals surface area (Å²) in [5.74, 6) is -0.286. The van der Waals surface area contributed by atoms with Crippen LogP contribution >= 0.6 is 0 Å². The number of hydrogen-bond donors (Lipinski definition) is 1. The van der Waals surface area contributed by atoms with Crippen molar-refractivity contribution >= 4 is 22.6 Å². The second-order valence-corrected chi connectivity index (χ2v) is 5.75. The van der Waals surface area contributed by atoms with Crippen LogP contribution in [0.2, 0.25) is 0 Å². The Morgan fingerprint density at radius 2 is 1.72 bits per heavy atom. The van der Waals surface area contributed by atoms with Crippen molar-refractivity contribution in [3.63, 3.8) is 0 Å². The van der Waals surface area contributed by atoms with Gasteiger partial charge in [-0.25, -0.2) is 4.79 Å². The molecule has 2 aromatic carbocycles. The third kappa shape index (κ3) is 3.31. The minimum absolute atomic E-state index is 0.0595. The van der Waals surface area contributed by atoms with Crippen molar-refractivity contribution in [3.8, 4) is 6.07 Å². The number of fused-ring (bicyclic) bond motifs is 1. The lowest BCUT2D eigenvalue weighted by Gasteiger charge is -2.06. The van der Waals surface area contributed by atoms with Crippen LogP contribution in [0.3, 0.4) is 0 Å². The van der Waals surface area contributed by atoms with Crippen LogP contribution < -0.4 is 11.0 Å². The molecule has 0 saturated heterocycles. The number of carbonyl (C=O) groups excluding carboxylic acids is 1. The van der Waals surface area contributed by atoms with Crippen LogP contribution in [-0.4, -0.2) is 15.0 Å². The molecule has 0 bridgehead atoms. The fraction of sp³-hybridized carbons (Fsp3) is 0.211. The zero-order valence-electron chi connectivity index (χ0n) is 13.9. The van der Waals surface area contributed by atoms with E-state index in [0.29, 0.717) is 17.8 Å². The summed E-state index contributed by atoms with van der Waals surface area (Å²) < 4.78 is 3.19. The Bertz CT molecular complexity index is 1010. The summed E-state index contributed by atoms with van der Waals surface area (Å²) >= 11 is 0. The molecule has 1 aromatic heterocycles. The van der Waals surface area contributed by atoms with E-state index in [4.69, 9.17) is 5.26 Å². The molecule has 0 aliphatic carbocycles. The molecule has 0 aliphatic heterocycles. The molecule has 0 atom stereocenters. The first-order chi connectivity index (χ1) is 12.1. The van der Waals surface area contributed by atoms with Gasteiger partial charge in [-0.05, 0) is 42.8 Å². The highest BCUT2D eigenvalue weighted by atomic mass is 16.2. The number of carbonyl (C=O) groups is 1. The first kappa shape index (κ1) is 16.5. The Balaban J connectivity index is 1.87. The molecule has 0 saturated carbocycles. The van der Waals surface area contributed by atoms with Crippen LogP contribution in [0.5, 0.6) is 0 Å². The van der Waals surface area contributed by atoms with E-state index in [1.165, 1.54) is 4.57 Å². The first-order valence-electron chi connectivity index (χ1n) is 8.12. The summed E-state index contributed by atoms with van der Waals surface area (Å²) in [6.07, 6.45) is 0.839. The third-order valence-electron chi connectivity index (χ3n) is 3.97. The number of benzene rings is 2. The number of aromatic nitrogens is 2. The highest BCUT2D eigenvalue weighted by Gasteiger charge is 2.14. The second kappa shape index (κ2) is 7.05. The Hall–Kier alpha value is -3.33. The maximum atomic E-state index is 12.7. The Kier molecular flexibility index (Phi) is 4.66. The minimum atomic E-state index is -0.286. The average Bonchev–Trinajstić information content (AvgIpc) is 2.89. The Labute approximate surface area is 144 Å². The quantitative estimate of drug-likeness (QED) is 0.779. The zero-order chi connectivity index (χ0) is 17.8. The van der Waals surface area contributed by atoms with Gasteiger partial charge in [-0.3, -0.25) is 13.9 Å². The summed E-state index contributed by atoms with van der Waals surface area (Å²) in [5.41, 5.74) is 2.51. The maximum absolute atomic E-state index is 12.7. The van der Waals surface area contributed by atoms with Gasteiger partial charge in [0, 0.05) is 12.2 Å². The van der Waals surface area contributed by atoms with Crippen LogP contribution in [0.1, 0.15) is 18.9 Å². The van der Waals surface area contributed by atoms with E-state index < -0.39 is 0 Å². The normalized spacial score (nSPS) is 10.6. The predicted octanol–water partition coefficient (Wildman–Crippen LogP) is 2.72. The van der Waals surface area contributed by atoms with Crippen molar-refractivity contribution in [2.24, 2.45) is 0 Å². The molecule has 0 radical (unpaired) electrons. The fourth-order valence-electron chi connectivity index (χ4n) is 2.84. The predicted molar refractivity (Wildman–Crippen MR) is 96.3 cm³/mol. The SMILES string of the molecule is CCCn1c(=O)n(CC(=O)Nc2ccc(C#N)cc2)c2ccccc21. The molecular weight excluding hydrogens is 316 g/mol. The monoisotopic (exact) mass is 334 g/mol. The van der Waals surface area contributed by atoms with Crippen molar-refractivity contribution < 1.29 is 4.79 Å². The van der Waals surface area contributed by atoms with Crippen molar-refractivity contribution in [2.75, 3.05) is 5.32 Å². The van der Waals surface area contributed by atoms with Crippen LogP contribution in [0.25, 0.3) is 11.0 Å². The van der Waals surface area contributed by atoms with Gasteiger partial charge in [0.2, 0.25) is 5.91 Å². The molecule has 1 amide bonds. The topological polar surface area (TPSA) is 79.8 Å². The van der Waals surface area contributed by atoms with Crippen LogP contribution in [0.4, 0.5) is 5.69 Å². The molecule has 6 heteroatoms. The van der Waals surface area contributed by atoms with Gasteiger partial charge in [0.1, 0.15) is 6.54 Å². The Morgan fingerprint density at radius 3 is 2.32 bits per heavy atom. The van der Waals surface area contributed by atoms with Gasteiger partial charge >= 0.3 is 5.69 Å². The number of aryl methyl sites for hydroxylation is 1. The Morgan fingerprint density at radius 1 is 1.08 bits per heavy atom. The van der Waals surface area contributed by atoms with E-state index in [-0.39, 0.29) is 18.1 Å². The molecule has 126 valence electrons. The number of amides is 1. The van der Waals surface area contributed by atoms with Gasteiger partial charge in [0.25, 0.3) is 0 Å². The van der Waals surface area contributed by atoms with E-state index in [2.05, 4.69) is 5.32 Å². The van der Waals surface area contributed by atoms with Crippen molar-refractivity contribution in [3.05, 3.63) is 64.6 Å². The lowest BCUT2D eigenvalue weighted by atomic mass is 10.2. The molecule has 0 fully saturated rings. The number of nitrogens with one attached hydrogen (secondary N) is 1. The number of hydrogen-bond acceptors (Lipinski definition) is 3. The number of rotatable bonds is 5. The third-order valence-corrected chi connectivity index (χ3v) is 3.97. The standard InChI is InChI=1S/C19H18N4O2/c1-2-11-22-16-5-3-4-6-17(16)23(19(22)25)13-18(24)21-15-9-7-14(12-20)8-10-15/h3-10H,2,11,13H2,1H3,(H,21,24). The second-order valence-electron chi connectivity index (χ2n) is 5.75. The maximum Gasteiger partial charge on any atom is 0.329 e. The van der Waals surface area contributed by atoms with E-state index in [9.17, 15) is 9.59 Å². The molecule has 25 heavy (non-hydrogen) atoms. The molecule has 6 nitrogen and oxygen atoms in total. The van der Waals surface area contributed by atoms with Gasteiger partial charge in [-0.1, -0.05) is 19.1 Å². The minimum Gasteiger partial charge on any atom is -0.325 e. The van der Waals surface area contributed by atoms with Gasteiger partial charge in [-0.15, -0.1) is 0 Å². The molecule has 1 N–H and O–H groups in total. The number of imidazole rings is 1. The molecule has 3 rings (SSSR count). The smallest absolute Gasteiger partial charge is 0.325 e. The summed E-state index contributed by atoms with van der Waals surface area (Å²) in [5, 5.41) is 11.6. The summed E-state index contributed by atoms with van der Waals surface area (Å²) in [6, 6.07) is 16.1. The van der Waals surface area contributed by atoms with Crippen molar-refractivity contribution in [1.82, 2.24) is 9.13 Å². The molecule has 0 unspecified atom stereocenters. The first-order valence-corrected chi connectivity index (χ1v) is 8.12. The summed E-state index contributed by atoms with van der Waals surface area (Å²) in [4.78, 5) is 25.0. The fourth-order valence-corrected chi connectivity index (χ4v) is 2.84. The molecule has 3 aromatic rings. The zero-order valence-corrected chi connectivity index (χ0v) is 13.9. The van der Waals surface area contributed by atoms with Gasteiger partial charge < -0.3 is 5.32 Å². The highest BCUT2D eigenvalue weighted by molar-refractivity contribution is 5.91. The summed E-state index contributed by atoms with van der Waals surface area (Å²) in [6.45, 7) is 2.57. The van der Waals surface area contributed by atoms with Crippen molar-refractivity contribution in [2.45, 2.75) is 26.4 Å².